The van der Waals surface area contributed by atoms with Crippen molar-refractivity contribution in [3.63, 3.8) is 0 Å². The number of ketones is 1. The van der Waals surface area contributed by atoms with Crippen LogP contribution in [0.15, 0.2) is 24.5 Å². The third kappa shape index (κ3) is 3.09. The minimum absolute atomic E-state index is 0.00246. The van der Waals surface area contributed by atoms with Crippen molar-refractivity contribution in [1.29, 1.82) is 0 Å². The van der Waals surface area contributed by atoms with E-state index in [1.807, 2.05) is 12.1 Å². The predicted octanol–water partition coefficient (Wildman–Crippen LogP) is 1.19. The van der Waals surface area contributed by atoms with Crippen molar-refractivity contribution in [3.8, 4) is 0 Å². The van der Waals surface area contributed by atoms with Crippen molar-refractivity contribution in [1.82, 2.24) is 10.3 Å². The first kappa shape index (κ1) is 15.9. The molecule has 1 fully saturated rings. The summed E-state index contributed by atoms with van der Waals surface area (Å²) in [5, 5.41) is 3.25. The number of nitrogens with one attached hydrogen (secondary N) is 1. The average molecular weight is 309 g/mol. The van der Waals surface area contributed by atoms with Crippen LogP contribution in [0.5, 0.6) is 0 Å². The molecule has 3 unspecified atom stereocenters. The van der Waals surface area contributed by atoms with Crippen molar-refractivity contribution in [2.75, 3.05) is 5.75 Å². The Morgan fingerprint density at radius 2 is 2.38 bits per heavy atom. The lowest BCUT2D eigenvalue weighted by Gasteiger charge is -2.26. The molecule has 3 N–H and O–H groups in total. The van der Waals surface area contributed by atoms with Gasteiger partial charge < -0.3 is 4.84 Å². The molecule has 2 heterocycles. The molecule has 0 aromatic carbocycles. The largest absolute Gasteiger partial charge is 0.373 e. The van der Waals surface area contributed by atoms with Gasteiger partial charge in [0.15, 0.2) is 5.78 Å². The Hall–Kier alpha value is -1.44. The smallest absolute Gasteiger partial charge is 0.337 e. The number of nitrogens with zero attached hydrogens (tertiary/aromatic N) is 1. The van der Waals surface area contributed by atoms with Crippen LogP contribution in [-0.2, 0) is 14.4 Å². The normalized spacial score (nSPS) is 24.3. The van der Waals surface area contributed by atoms with Gasteiger partial charge in [0.2, 0.25) is 0 Å². The molecule has 0 aliphatic carbocycles. The fourth-order valence-electron chi connectivity index (χ4n) is 2.28. The molecule has 0 bridgehead atoms. The van der Waals surface area contributed by atoms with Crippen LogP contribution in [0.4, 0.5) is 0 Å². The summed E-state index contributed by atoms with van der Waals surface area (Å²) in [5.74, 6) is 4.69. The van der Waals surface area contributed by atoms with Gasteiger partial charge in [-0.05, 0) is 25.0 Å². The lowest BCUT2D eigenvalue weighted by atomic mass is 9.80. The standard InChI is InChI=1S/C14H19N3O3S/c1-3-14(2,13(19)20-15)11(18)10-8-21-12(17-10)9-5-4-6-16-7-9/h4-7,10,12,17H,3,8,15H2,1-2H3. The van der Waals surface area contributed by atoms with Gasteiger partial charge in [0, 0.05) is 18.1 Å². The number of rotatable bonds is 5. The first-order valence-electron chi connectivity index (χ1n) is 6.76. The molecule has 1 saturated heterocycles. The minimum Gasteiger partial charge on any atom is -0.373 e. The molecule has 1 aromatic heterocycles. The highest BCUT2D eigenvalue weighted by Gasteiger charge is 2.46. The van der Waals surface area contributed by atoms with E-state index >= 15 is 0 Å². The summed E-state index contributed by atoms with van der Waals surface area (Å²) in [6.45, 7) is 3.35. The van der Waals surface area contributed by atoms with Gasteiger partial charge in [-0.2, -0.15) is 5.90 Å². The lowest BCUT2D eigenvalue weighted by molar-refractivity contribution is -0.160. The minimum atomic E-state index is -1.21. The highest BCUT2D eigenvalue weighted by Crippen LogP contribution is 2.36. The van der Waals surface area contributed by atoms with Gasteiger partial charge in [-0.3, -0.25) is 15.1 Å². The second-order valence-electron chi connectivity index (χ2n) is 5.17. The number of nitrogens with two attached hydrogens (primary N) is 1. The second kappa shape index (κ2) is 6.55. The topological polar surface area (TPSA) is 94.3 Å². The SMILES string of the molecule is CCC(C)(C(=O)ON)C(=O)C1CSC(c2cccnc2)N1. The van der Waals surface area contributed by atoms with Crippen molar-refractivity contribution in [2.45, 2.75) is 31.7 Å². The van der Waals surface area contributed by atoms with Gasteiger partial charge in [-0.15, -0.1) is 11.8 Å². The van der Waals surface area contributed by atoms with Crippen molar-refractivity contribution in [3.05, 3.63) is 30.1 Å². The van der Waals surface area contributed by atoms with Crippen LogP contribution < -0.4 is 11.2 Å². The summed E-state index contributed by atoms with van der Waals surface area (Å²) in [4.78, 5) is 32.8. The predicted molar refractivity (Wildman–Crippen MR) is 80.0 cm³/mol. The van der Waals surface area contributed by atoms with Crippen LogP contribution in [0.3, 0.4) is 0 Å². The molecule has 0 amide bonds. The molecule has 0 saturated carbocycles. The van der Waals surface area contributed by atoms with Crippen LogP contribution in [0.2, 0.25) is 0 Å². The molecule has 7 heteroatoms. The molecule has 2 rings (SSSR count). The summed E-state index contributed by atoms with van der Waals surface area (Å²) in [7, 11) is 0. The van der Waals surface area contributed by atoms with Crippen LogP contribution in [0.25, 0.3) is 0 Å². The van der Waals surface area contributed by atoms with E-state index in [0.717, 1.165) is 5.56 Å². The van der Waals surface area contributed by atoms with Gasteiger partial charge in [0.1, 0.15) is 5.41 Å². The van der Waals surface area contributed by atoms with E-state index in [4.69, 9.17) is 5.90 Å². The summed E-state index contributed by atoms with van der Waals surface area (Å²) in [6, 6.07) is 3.41. The van der Waals surface area contributed by atoms with Crippen molar-refractivity contribution < 1.29 is 14.4 Å². The number of aromatic nitrogens is 1. The maximum Gasteiger partial charge on any atom is 0.337 e. The van der Waals surface area contributed by atoms with Crippen LogP contribution >= 0.6 is 11.8 Å². The zero-order valence-corrected chi connectivity index (χ0v) is 12.9. The van der Waals surface area contributed by atoms with E-state index in [1.54, 1.807) is 38.0 Å². The van der Waals surface area contributed by atoms with E-state index in [1.165, 1.54) is 0 Å². The zero-order valence-electron chi connectivity index (χ0n) is 12.0. The molecule has 0 radical (unpaired) electrons. The average Bonchev–Trinajstić information content (AvgIpc) is 3.03. The molecule has 114 valence electrons. The van der Waals surface area contributed by atoms with Gasteiger partial charge >= 0.3 is 5.97 Å². The lowest BCUT2D eigenvalue weighted by Crippen LogP contribution is -2.48. The van der Waals surface area contributed by atoms with E-state index in [9.17, 15) is 9.59 Å². The van der Waals surface area contributed by atoms with Crippen LogP contribution in [0, 0.1) is 5.41 Å². The Bertz CT molecular complexity index is 525. The summed E-state index contributed by atoms with van der Waals surface area (Å²) >= 11 is 1.62. The highest BCUT2D eigenvalue weighted by atomic mass is 32.2. The van der Waals surface area contributed by atoms with E-state index in [0.29, 0.717) is 12.2 Å². The summed E-state index contributed by atoms with van der Waals surface area (Å²) < 4.78 is 0. The van der Waals surface area contributed by atoms with Crippen LogP contribution in [-0.4, -0.2) is 28.5 Å². The molecular weight excluding hydrogens is 290 g/mol. The molecule has 1 aliphatic heterocycles. The number of hydrogen-bond donors (Lipinski definition) is 2. The number of Topliss-reactive ketones (excluding diaryl/α,β-unsaturated/α-hetero) is 1. The maximum absolute atomic E-state index is 12.6. The number of carbonyl (C=O) groups excluding carboxylic acids is 2. The van der Waals surface area contributed by atoms with Gasteiger partial charge in [0.25, 0.3) is 0 Å². The molecule has 6 nitrogen and oxygen atoms in total. The number of hydrogen-bond acceptors (Lipinski definition) is 7. The number of thioether (sulfide) groups is 1. The Labute approximate surface area is 127 Å². The van der Waals surface area contributed by atoms with Crippen molar-refractivity contribution >= 4 is 23.5 Å². The van der Waals surface area contributed by atoms with E-state index < -0.39 is 17.4 Å². The van der Waals surface area contributed by atoms with Gasteiger partial charge in [0.05, 0.1) is 11.4 Å². The van der Waals surface area contributed by atoms with E-state index in [-0.39, 0.29) is 11.2 Å². The maximum atomic E-state index is 12.6. The Balaban J connectivity index is 2.10. The molecule has 3 atom stereocenters. The second-order valence-corrected chi connectivity index (χ2v) is 6.31. The molecule has 1 aliphatic rings. The number of pyridine rings is 1. The first-order chi connectivity index (χ1) is 10.0. The van der Waals surface area contributed by atoms with E-state index in [2.05, 4.69) is 15.1 Å². The van der Waals surface area contributed by atoms with Gasteiger partial charge in [-0.25, -0.2) is 4.79 Å². The first-order valence-corrected chi connectivity index (χ1v) is 7.81. The zero-order chi connectivity index (χ0) is 15.5. The Kier molecular flexibility index (Phi) is 4.97. The molecular formula is C14H19N3O3S. The number of carbonyl (C=O) groups is 2. The molecule has 21 heavy (non-hydrogen) atoms. The third-order valence-corrected chi connectivity index (χ3v) is 5.16. The third-order valence-electron chi connectivity index (χ3n) is 3.89. The fourth-order valence-corrected chi connectivity index (χ4v) is 3.50. The molecule has 0 spiro atoms. The Morgan fingerprint density at radius 1 is 1.62 bits per heavy atom. The molecule has 1 aromatic rings. The Morgan fingerprint density at radius 3 is 2.95 bits per heavy atom. The van der Waals surface area contributed by atoms with Crippen LogP contribution in [0.1, 0.15) is 31.2 Å². The fraction of sp³-hybridized carbons (Fsp3) is 0.500. The quantitative estimate of drug-likeness (QED) is 0.623. The summed E-state index contributed by atoms with van der Waals surface area (Å²) in [5.41, 5.74) is -0.200. The highest BCUT2D eigenvalue weighted by molar-refractivity contribution is 7.99. The summed E-state index contributed by atoms with van der Waals surface area (Å²) in [6.07, 6.45) is 3.82. The van der Waals surface area contributed by atoms with Gasteiger partial charge in [-0.1, -0.05) is 13.0 Å². The monoisotopic (exact) mass is 309 g/mol. The van der Waals surface area contributed by atoms with Crippen molar-refractivity contribution in [2.24, 2.45) is 11.3 Å².